The molecule has 1 N–H and O–H groups in total. The fourth-order valence-corrected chi connectivity index (χ4v) is 3.65. The second-order valence-corrected chi connectivity index (χ2v) is 6.55. The smallest absolute Gasteiger partial charge is 0.282 e. The molecule has 3 aliphatic rings. The van der Waals surface area contributed by atoms with Gasteiger partial charge in [-0.3, -0.25) is 4.79 Å². The Morgan fingerprint density at radius 3 is 2.68 bits per heavy atom. The van der Waals surface area contributed by atoms with Crippen LogP contribution in [-0.4, -0.2) is 14.8 Å². The Morgan fingerprint density at radius 1 is 1.23 bits per heavy atom. The quantitative estimate of drug-likeness (QED) is 0.740. The summed E-state index contributed by atoms with van der Waals surface area (Å²) in [5.74, 6) is 0.892. The number of nitrogens with zero attached hydrogens (tertiary/aromatic N) is 2. The molecule has 2 atom stereocenters. The van der Waals surface area contributed by atoms with Gasteiger partial charge in [0.25, 0.3) is 5.56 Å². The minimum Gasteiger partial charge on any atom is -0.364 e. The van der Waals surface area contributed by atoms with E-state index in [0.29, 0.717) is 22.4 Å². The second kappa shape index (κ2) is 4.71. The van der Waals surface area contributed by atoms with E-state index in [2.05, 4.69) is 23.9 Å². The van der Waals surface area contributed by atoms with Crippen LogP contribution in [0.4, 0.5) is 0 Å². The minimum absolute atomic E-state index is 0.0943. The predicted molar refractivity (Wildman–Crippen MR) is 87.3 cm³/mol. The van der Waals surface area contributed by atoms with Crippen LogP contribution in [0, 0.1) is 0 Å². The molecule has 0 saturated carbocycles. The summed E-state index contributed by atoms with van der Waals surface area (Å²) in [7, 11) is 0. The Kier molecular flexibility index (Phi) is 2.91. The maximum absolute atomic E-state index is 12.6. The summed E-state index contributed by atoms with van der Waals surface area (Å²) in [6.07, 6.45) is 2.89. The molecular weight excluding hydrogens is 298 g/mol. The molecule has 2 aliphatic heterocycles. The summed E-state index contributed by atoms with van der Waals surface area (Å²) in [5, 5.41) is 5.25. The van der Waals surface area contributed by atoms with Crippen LogP contribution in [-0.2, 0) is 0 Å². The van der Waals surface area contributed by atoms with Crippen LogP contribution in [0.1, 0.15) is 43.4 Å². The fraction of sp³-hybridized carbons (Fsp3) is 0.294. The Hall–Kier alpha value is -2.07. The molecule has 22 heavy (non-hydrogen) atoms. The van der Waals surface area contributed by atoms with E-state index < -0.39 is 0 Å². The van der Waals surface area contributed by atoms with Crippen LogP contribution >= 0.6 is 11.6 Å². The molecule has 0 saturated heterocycles. The van der Waals surface area contributed by atoms with Crippen molar-refractivity contribution in [2.24, 2.45) is 0 Å². The van der Waals surface area contributed by atoms with Crippen molar-refractivity contribution >= 4 is 11.6 Å². The zero-order valence-electron chi connectivity index (χ0n) is 12.4. The third kappa shape index (κ3) is 1.83. The van der Waals surface area contributed by atoms with Gasteiger partial charge in [0.2, 0.25) is 0 Å². The van der Waals surface area contributed by atoms with Crippen molar-refractivity contribution < 1.29 is 0 Å². The van der Waals surface area contributed by atoms with E-state index in [-0.39, 0.29) is 5.56 Å². The second-order valence-electron chi connectivity index (χ2n) is 6.11. The molecule has 1 aliphatic carbocycles. The van der Waals surface area contributed by atoms with Crippen molar-refractivity contribution in [1.82, 2.24) is 14.8 Å². The number of hydrogen-bond acceptors (Lipinski definition) is 2. The third-order valence-corrected chi connectivity index (χ3v) is 4.81. The fourth-order valence-electron chi connectivity index (χ4n) is 3.53. The number of nitrogens with one attached hydrogen (secondary N) is 1. The van der Waals surface area contributed by atoms with Crippen molar-refractivity contribution in [3.8, 4) is 16.9 Å². The Morgan fingerprint density at radius 2 is 1.95 bits per heavy atom. The lowest BCUT2D eigenvalue weighted by atomic mass is 10.0. The van der Waals surface area contributed by atoms with Crippen LogP contribution in [0.25, 0.3) is 16.9 Å². The van der Waals surface area contributed by atoms with Crippen LogP contribution in [0.2, 0.25) is 5.02 Å². The number of hydrogen-bond donors (Lipinski definition) is 1. The summed E-state index contributed by atoms with van der Waals surface area (Å²) in [5.41, 5.74) is 4.51. The van der Waals surface area contributed by atoms with Gasteiger partial charge in [-0.15, -0.1) is 0 Å². The summed E-state index contributed by atoms with van der Waals surface area (Å²) < 4.78 is 1.46. The minimum atomic E-state index is -0.0943. The average Bonchev–Trinajstić information content (AvgIpc) is 2.98. The van der Waals surface area contributed by atoms with E-state index in [1.807, 2.05) is 12.1 Å². The highest BCUT2D eigenvalue weighted by molar-refractivity contribution is 6.30. The van der Waals surface area contributed by atoms with Crippen LogP contribution in [0.5, 0.6) is 0 Å². The Labute approximate surface area is 133 Å². The lowest BCUT2D eigenvalue weighted by Gasteiger charge is -2.08. The maximum atomic E-state index is 12.6. The average molecular weight is 314 g/mol. The van der Waals surface area contributed by atoms with Crippen molar-refractivity contribution in [1.29, 1.82) is 0 Å². The first-order chi connectivity index (χ1) is 10.6. The molecule has 0 amide bonds. The van der Waals surface area contributed by atoms with Gasteiger partial charge < -0.3 is 4.98 Å². The van der Waals surface area contributed by atoms with E-state index in [1.165, 1.54) is 15.9 Å². The summed E-state index contributed by atoms with van der Waals surface area (Å²) in [6.45, 7) is 4.40. The van der Waals surface area contributed by atoms with E-state index in [0.717, 1.165) is 17.8 Å². The van der Waals surface area contributed by atoms with Crippen LogP contribution < -0.4 is 5.56 Å². The molecule has 2 heterocycles. The number of pyridine rings is 1. The van der Waals surface area contributed by atoms with Gasteiger partial charge >= 0.3 is 0 Å². The van der Waals surface area contributed by atoms with E-state index in [9.17, 15) is 4.79 Å². The Balaban J connectivity index is 1.98. The maximum Gasteiger partial charge on any atom is 0.282 e. The van der Waals surface area contributed by atoms with E-state index in [1.54, 1.807) is 18.3 Å². The van der Waals surface area contributed by atoms with E-state index >= 15 is 0 Å². The van der Waals surface area contributed by atoms with Gasteiger partial charge in [0.15, 0.2) is 0 Å². The first-order valence-corrected chi connectivity index (χ1v) is 7.84. The lowest BCUT2D eigenvalue weighted by Crippen LogP contribution is -2.14. The highest BCUT2D eigenvalue weighted by Crippen LogP contribution is 2.44. The van der Waals surface area contributed by atoms with Gasteiger partial charge in [0.1, 0.15) is 5.69 Å². The predicted octanol–water partition coefficient (Wildman–Crippen LogP) is 3.93. The summed E-state index contributed by atoms with van der Waals surface area (Å²) >= 11 is 5.92. The molecule has 5 heteroatoms. The molecule has 112 valence electrons. The van der Waals surface area contributed by atoms with Gasteiger partial charge in [-0.1, -0.05) is 25.4 Å². The molecule has 4 nitrogen and oxygen atoms in total. The third-order valence-electron chi connectivity index (χ3n) is 4.56. The van der Waals surface area contributed by atoms with Crippen molar-refractivity contribution in [2.45, 2.75) is 32.1 Å². The molecule has 0 radical (unpaired) electrons. The van der Waals surface area contributed by atoms with Gasteiger partial charge in [-0.2, -0.15) is 9.78 Å². The normalized spacial score (nSPS) is 20.5. The van der Waals surface area contributed by atoms with Crippen LogP contribution in [0.3, 0.4) is 0 Å². The zero-order valence-corrected chi connectivity index (χ0v) is 13.2. The van der Waals surface area contributed by atoms with Gasteiger partial charge in [-0.05, 0) is 42.5 Å². The highest BCUT2D eigenvalue weighted by atomic mass is 35.5. The molecule has 1 aromatic rings. The molecule has 0 bridgehead atoms. The van der Waals surface area contributed by atoms with Crippen molar-refractivity contribution in [3.63, 3.8) is 0 Å². The number of aromatic amines is 1. The monoisotopic (exact) mass is 313 g/mol. The molecular formula is C17H16ClN3O. The standard InChI is InChI=1S/C17H16ClN3O/c1-9-7-10(2)15-14(9)16-13(8-19-15)17(22)21(20-16)12-5-3-11(18)4-6-12/h3-6,8-10,19H,7H2,1-2H3. The van der Waals surface area contributed by atoms with Crippen molar-refractivity contribution in [3.05, 3.63) is 57.1 Å². The number of rotatable bonds is 1. The largest absolute Gasteiger partial charge is 0.364 e. The summed E-state index contributed by atoms with van der Waals surface area (Å²) in [6, 6.07) is 7.16. The number of fused-ring (bicyclic) bond motifs is 3. The molecule has 4 rings (SSSR count). The summed E-state index contributed by atoms with van der Waals surface area (Å²) in [4.78, 5) is 16.0. The van der Waals surface area contributed by atoms with E-state index in [4.69, 9.17) is 11.6 Å². The van der Waals surface area contributed by atoms with Gasteiger partial charge in [0.05, 0.1) is 11.3 Å². The van der Waals surface area contributed by atoms with Crippen LogP contribution in [0.15, 0.2) is 35.3 Å². The molecule has 1 aromatic carbocycles. The SMILES string of the molecule is CC1CC(C)c2c3nn(-c4ccc(Cl)cc4)c(=O)c-3c[nH]c21. The lowest BCUT2D eigenvalue weighted by molar-refractivity contribution is 0.654. The number of aromatic nitrogens is 3. The molecule has 0 spiro atoms. The molecule has 0 aromatic heterocycles. The number of H-pyrrole nitrogens is 1. The number of halogens is 1. The van der Waals surface area contributed by atoms with Gasteiger partial charge in [-0.25, -0.2) is 0 Å². The highest BCUT2D eigenvalue weighted by Gasteiger charge is 2.32. The zero-order chi connectivity index (χ0) is 15.4. The number of benzene rings is 1. The molecule has 2 unspecified atom stereocenters. The first kappa shape index (κ1) is 13.6. The first-order valence-electron chi connectivity index (χ1n) is 7.46. The van der Waals surface area contributed by atoms with Crippen molar-refractivity contribution in [2.75, 3.05) is 0 Å². The molecule has 0 fully saturated rings. The Bertz CT molecular complexity index is 878. The topological polar surface area (TPSA) is 50.7 Å². The van der Waals surface area contributed by atoms with Gasteiger partial charge in [0, 0.05) is 22.5 Å².